The van der Waals surface area contributed by atoms with Crippen molar-refractivity contribution >= 4 is 38.3 Å². The second-order valence-electron chi connectivity index (χ2n) is 10.8. The van der Waals surface area contributed by atoms with Crippen LogP contribution in [0.2, 0.25) is 0 Å². The predicted molar refractivity (Wildman–Crippen MR) is 181 cm³/mol. The molecule has 0 aliphatic heterocycles. The minimum atomic E-state index is -3.55. The van der Waals surface area contributed by atoms with Crippen LogP contribution in [-0.4, -0.2) is 54.9 Å². The summed E-state index contributed by atoms with van der Waals surface area (Å²) in [5.41, 5.74) is 8.50. The lowest BCUT2D eigenvalue weighted by molar-refractivity contribution is 0.0933. The van der Waals surface area contributed by atoms with Gasteiger partial charge in [0, 0.05) is 30.6 Å². The quantitative estimate of drug-likeness (QED) is 0.215. The van der Waals surface area contributed by atoms with E-state index in [1.807, 2.05) is 6.07 Å². The molecule has 4 aromatic heterocycles. The monoisotopic (exact) mass is 660 g/mol. The van der Waals surface area contributed by atoms with E-state index in [1.165, 1.54) is 29.2 Å². The Bertz CT molecular complexity index is 2430. The van der Waals surface area contributed by atoms with Gasteiger partial charge < -0.3 is 11.1 Å². The lowest BCUT2D eigenvalue weighted by atomic mass is 10.1. The third kappa shape index (κ3) is 6.73. The minimum Gasteiger partial charge on any atom is -0.382 e. The number of nitrogens with one attached hydrogen (secondary N) is 2. The topological polar surface area (TPSA) is 193 Å². The first-order valence-electron chi connectivity index (χ1n) is 14.4. The molecule has 0 radical (unpaired) electrons. The Balaban J connectivity index is 1.38. The first-order valence-corrected chi connectivity index (χ1v) is 16.3. The maximum atomic E-state index is 14.3. The van der Waals surface area contributed by atoms with Gasteiger partial charge in [0.2, 0.25) is 10.0 Å². The Labute approximate surface area is 274 Å². The number of nitrogens with two attached hydrogens (primary N) is 1. The normalized spacial score (nSPS) is 11.8. The molecule has 0 saturated heterocycles. The highest BCUT2D eigenvalue weighted by Crippen LogP contribution is 2.23. The molecule has 0 aliphatic carbocycles. The van der Waals surface area contributed by atoms with Gasteiger partial charge in [-0.3, -0.25) is 28.5 Å². The molecule has 6 aromatic rings. The number of pyridine rings is 1. The summed E-state index contributed by atoms with van der Waals surface area (Å²) in [5, 5.41) is 7.31. The third-order valence-corrected chi connectivity index (χ3v) is 7.68. The summed E-state index contributed by atoms with van der Waals surface area (Å²) >= 11 is 0. The second-order valence-corrected chi connectivity index (χ2v) is 12.6. The molecule has 4 N–H and O–H groups in total. The van der Waals surface area contributed by atoms with Crippen LogP contribution < -0.4 is 21.3 Å². The lowest BCUT2D eigenvalue weighted by Gasteiger charge is -2.20. The first-order chi connectivity index (χ1) is 23.0. The Morgan fingerprint density at radius 3 is 2.52 bits per heavy atom. The number of amides is 1. The first kappa shape index (κ1) is 31.6. The van der Waals surface area contributed by atoms with Crippen molar-refractivity contribution in [1.29, 1.82) is 0 Å². The molecule has 15 heteroatoms. The average Bonchev–Trinajstić information content (AvgIpc) is 3.48. The van der Waals surface area contributed by atoms with Gasteiger partial charge in [0.15, 0.2) is 11.5 Å². The summed E-state index contributed by atoms with van der Waals surface area (Å²) in [6, 6.07) is 14.9. The van der Waals surface area contributed by atoms with Gasteiger partial charge in [0.1, 0.15) is 5.82 Å². The number of hydrogen-bond acceptors (Lipinski definition) is 10. The van der Waals surface area contributed by atoms with Gasteiger partial charge in [-0.25, -0.2) is 23.4 Å². The summed E-state index contributed by atoms with van der Waals surface area (Å²) in [5.74, 6) is 5.59. The van der Waals surface area contributed by atoms with Crippen LogP contribution in [0.5, 0.6) is 0 Å². The van der Waals surface area contributed by atoms with E-state index in [4.69, 9.17) is 10.7 Å². The Kier molecular flexibility index (Phi) is 8.40. The SMILES string of the molecule is CC(NC(=O)c1nc(-c2cncc(NS(C)(=O)=O)c2)cnc1N)c1nc2cccc(C#Cc3cnn(C)c3)c2c(=O)n1-c1ccccc1. The molecule has 0 spiro atoms. The van der Waals surface area contributed by atoms with Crippen molar-refractivity contribution in [2.24, 2.45) is 7.05 Å². The van der Waals surface area contributed by atoms with Gasteiger partial charge in [0.05, 0.1) is 64.4 Å². The van der Waals surface area contributed by atoms with Gasteiger partial charge in [-0.2, -0.15) is 5.10 Å². The number of fused-ring (bicyclic) bond motifs is 1. The zero-order valence-electron chi connectivity index (χ0n) is 25.9. The van der Waals surface area contributed by atoms with Crippen LogP contribution in [0.1, 0.15) is 40.4 Å². The van der Waals surface area contributed by atoms with Crippen molar-refractivity contribution in [2.45, 2.75) is 13.0 Å². The van der Waals surface area contributed by atoms with Crippen LogP contribution in [0, 0.1) is 11.8 Å². The molecule has 14 nitrogen and oxygen atoms in total. The average molecular weight is 661 g/mol. The fourth-order valence-electron chi connectivity index (χ4n) is 4.98. The van der Waals surface area contributed by atoms with Crippen LogP contribution in [0.3, 0.4) is 0 Å². The summed E-state index contributed by atoms with van der Waals surface area (Å²) < 4.78 is 28.8. The maximum absolute atomic E-state index is 14.3. The predicted octanol–water partition coefficient (Wildman–Crippen LogP) is 2.82. The number of nitrogen functional groups attached to an aromatic ring is 1. The van der Waals surface area contributed by atoms with Crippen molar-refractivity contribution in [3.8, 4) is 28.8 Å². The van der Waals surface area contributed by atoms with E-state index in [2.05, 4.69) is 41.9 Å². The number of carbonyl (C=O) groups excluding carboxylic acids is 1. The molecule has 0 aliphatic rings. The molecule has 240 valence electrons. The number of aryl methyl sites for hydroxylation is 1. The molecule has 1 amide bonds. The highest BCUT2D eigenvalue weighted by Gasteiger charge is 2.23. The molecule has 0 bridgehead atoms. The number of aromatic nitrogens is 7. The van der Waals surface area contributed by atoms with Crippen molar-refractivity contribution < 1.29 is 13.2 Å². The number of hydrogen-bond donors (Lipinski definition) is 3. The van der Waals surface area contributed by atoms with Crippen molar-refractivity contribution in [3.63, 3.8) is 0 Å². The molecule has 2 aromatic carbocycles. The highest BCUT2D eigenvalue weighted by molar-refractivity contribution is 7.92. The van der Waals surface area contributed by atoms with E-state index < -0.39 is 22.0 Å². The third-order valence-electron chi connectivity index (χ3n) is 7.07. The van der Waals surface area contributed by atoms with E-state index in [9.17, 15) is 18.0 Å². The molecule has 1 atom stereocenters. The van der Waals surface area contributed by atoms with Gasteiger partial charge in [0.25, 0.3) is 11.5 Å². The van der Waals surface area contributed by atoms with Gasteiger partial charge >= 0.3 is 0 Å². The van der Waals surface area contributed by atoms with Gasteiger partial charge in [-0.1, -0.05) is 36.1 Å². The van der Waals surface area contributed by atoms with Crippen LogP contribution in [0.4, 0.5) is 11.5 Å². The van der Waals surface area contributed by atoms with Crippen molar-refractivity contribution in [3.05, 3.63) is 119 Å². The van der Waals surface area contributed by atoms with Gasteiger partial charge in [-0.15, -0.1) is 0 Å². The number of benzene rings is 2. The van der Waals surface area contributed by atoms with Crippen LogP contribution >= 0.6 is 0 Å². The van der Waals surface area contributed by atoms with Crippen molar-refractivity contribution in [2.75, 3.05) is 16.7 Å². The number of nitrogens with zero attached hydrogens (tertiary/aromatic N) is 7. The fourth-order valence-corrected chi connectivity index (χ4v) is 5.52. The Morgan fingerprint density at radius 1 is 1.00 bits per heavy atom. The molecule has 4 heterocycles. The lowest BCUT2D eigenvalue weighted by Crippen LogP contribution is -2.34. The molecule has 6 rings (SSSR count). The minimum absolute atomic E-state index is 0.134. The number of sulfonamides is 1. The molecular weight excluding hydrogens is 632 g/mol. The Morgan fingerprint density at radius 2 is 1.79 bits per heavy atom. The maximum Gasteiger partial charge on any atom is 0.274 e. The van der Waals surface area contributed by atoms with E-state index in [1.54, 1.807) is 73.5 Å². The second kappa shape index (κ2) is 12.8. The zero-order valence-corrected chi connectivity index (χ0v) is 26.7. The number of carbonyl (C=O) groups is 1. The summed E-state index contributed by atoms with van der Waals surface area (Å²) in [4.78, 5) is 45.3. The molecule has 48 heavy (non-hydrogen) atoms. The van der Waals surface area contributed by atoms with E-state index >= 15 is 0 Å². The van der Waals surface area contributed by atoms with E-state index in [0.717, 1.165) is 6.26 Å². The van der Waals surface area contributed by atoms with Gasteiger partial charge in [-0.05, 0) is 37.3 Å². The Hall–Kier alpha value is -6.40. The summed E-state index contributed by atoms with van der Waals surface area (Å²) in [7, 11) is -1.76. The molecule has 1 unspecified atom stereocenters. The zero-order chi connectivity index (χ0) is 34.0. The van der Waals surface area contributed by atoms with E-state index in [-0.39, 0.29) is 34.3 Å². The van der Waals surface area contributed by atoms with Crippen LogP contribution in [0.15, 0.2) is 90.4 Å². The molecule has 0 saturated carbocycles. The number of rotatable bonds is 7. The van der Waals surface area contributed by atoms with Crippen LogP contribution in [0.25, 0.3) is 27.8 Å². The summed E-state index contributed by atoms with van der Waals surface area (Å²) in [6.45, 7) is 1.69. The molecule has 0 fully saturated rings. The number of para-hydroxylation sites is 1. The van der Waals surface area contributed by atoms with Crippen molar-refractivity contribution in [1.82, 2.24) is 39.6 Å². The number of anilines is 2. The fraction of sp³-hybridized carbons (Fsp3) is 0.121. The highest BCUT2D eigenvalue weighted by atomic mass is 32.2. The van der Waals surface area contributed by atoms with E-state index in [0.29, 0.717) is 33.3 Å². The smallest absolute Gasteiger partial charge is 0.274 e. The summed E-state index contributed by atoms with van der Waals surface area (Å²) in [6.07, 6.45) is 8.57. The van der Waals surface area contributed by atoms with Crippen LogP contribution in [-0.2, 0) is 17.1 Å². The largest absolute Gasteiger partial charge is 0.382 e. The standard InChI is InChI=1S/C33H28N10O4S/c1-20(38-32(44)29-30(34)36-18-27(39-29)23-14-24(17-35-16-23)41-48(3,46)47)31-40-26-11-7-8-22(13-12-21-15-37-42(2)19-21)28(26)33(45)43(31)25-9-5-4-6-10-25/h4-11,14-20,41H,1-3H3,(H2,34,36)(H,38,44). The molecular formula is C33H28N10O4S.